The van der Waals surface area contributed by atoms with Crippen LogP contribution in [0.2, 0.25) is 0 Å². The van der Waals surface area contributed by atoms with E-state index in [4.69, 9.17) is 4.74 Å². The van der Waals surface area contributed by atoms with Crippen molar-refractivity contribution in [2.45, 2.75) is 52.3 Å². The number of nitrogens with one attached hydrogen (secondary N) is 2. The quantitative estimate of drug-likeness (QED) is 0.806. The summed E-state index contributed by atoms with van der Waals surface area (Å²) < 4.78 is 5.25. The average molecular weight is 278 g/mol. The first-order valence-electron chi connectivity index (χ1n) is 7.00. The maximum Gasteiger partial charge on any atom is 0.227 e. The van der Waals surface area contributed by atoms with Crippen LogP contribution in [0.3, 0.4) is 0 Å². The van der Waals surface area contributed by atoms with Gasteiger partial charge in [0.05, 0.1) is 12.0 Å². The van der Waals surface area contributed by atoms with E-state index >= 15 is 0 Å². The maximum absolute atomic E-state index is 11.9. The Labute approximate surface area is 121 Å². The minimum Gasteiger partial charge on any atom is -0.378 e. The Hall–Kier alpha value is -1.39. The molecule has 0 aliphatic heterocycles. The van der Waals surface area contributed by atoms with Crippen molar-refractivity contribution >= 4 is 11.6 Å². The number of anilines is 1. The molecule has 1 aromatic rings. The van der Waals surface area contributed by atoms with Crippen LogP contribution in [-0.2, 0) is 16.1 Å². The van der Waals surface area contributed by atoms with E-state index in [1.807, 2.05) is 38.1 Å². The predicted molar refractivity (Wildman–Crippen MR) is 82.8 cm³/mol. The summed E-state index contributed by atoms with van der Waals surface area (Å²) in [5.74, 6) is -0.0371. The summed E-state index contributed by atoms with van der Waals surface area (Å²) in [4.78, 5) is 11.9. The summed E-state index contributed by atoms with van der Waals surface area (Å²) in [5.41, 5.74) is 1.58. The molecular formula is C16H26N2O2. The molecule has 0 aliphatic rings. The Bertz CT molecular complexity index is 425. The molecule has 0 bridgehead atoms. The second kappa shape index (κ2) is 7.41. The Morgan fingerprint density at radius 2 is 1.85 bits per heavy atom. The van der Waals surface area contributed by atoms with Gasteiger partial charge in [-0.3, -0.25) is 4.79 Å². The smallest absolute Gasteiger partial charge is 0.227 e. The molecule has 0 radical (unpaired) electrons. The van der Waals surface area contributed by atoms with Crippen LogP contribution in [0.1, 0.15) is 39.7 Å². The van der Waals surface area contributed by atoms with Crippen LogP contribution in [0.15, 0.2) is 24.3 Å². The molecule has 0 heterocycles. The Kier molecular flexibility index (Phi) is 6.17. The summed E-state index contributed by atoms with van der Waals surface area (Å²) in [6.07, 6.45) is 0.333. The molecule has 0 unspecified atom stereocenters. The number of carbonyl (C=O) groups is 1. The fourth-order valence-corrected chi connectivity index (χ4v) is 1.69. The third-order valence-electron chi connectivity index (χ3n) is 3.09. The zero-order valence-electron chi connectivity index (χ0n) is 13.1. The lowest BCUT2D eigenvalue weighted by Crippen LogP contribution is -2.29. The Morgan fingerprint density at radius 3 is 2.35 bits per heavy atom. The van der Waals surface area contributed by atoms with Crippen molar-refractivity contribution in [1.82, 2.24) is 5.32 Å². The van der Waals surface area contributed by atoms with E-state index in [9.17, 15) is 4.79 Å². The lowest BCUT2D eigenvalue weighted by molar-refractivity contribution is -0.121. The van der Waals surface area contributed by atoms with Crippen LogP contribution >= 0.6 is 0 Å². The van der Waals surface area contributed by atoms with Crippen LogP contribution in [0.25, 0.3) is 0 Å². The van der Waals surface area contributed by atoms with Gasteiger partial charge in [-0.2, -0.15) is 0 Å². The number of amides is 1. The number of hydrogen-bond donors (Lipinski definition) is 2. The van der Waals surface area contributed by atoms with Gasteiger partial charge >= 0.3 is 0 Å². The summed E-state index contributed by atoms with van der Waals surface area (Å²) in [6, 6.07) is 8.36. The molecule has 1 amide bonds. The van der Waals surface area contributed by atoms with Crippen molar-refractivity contribution in [3.63, 3.8) is 0 Å². The zero-order valence-corrected chi connectivity index (χ0v) is 13.1. The highest BCUT2D eigenvalue weighted by Crippen LogP contribution is 2.15. The number of carbonyl (C=O) groups excluding carboxylic acids is 1. The summed E-state index contributed by atoms with van der Waals surface area (Å²) in [5, 5.41) is 6.24. The molecule has 0 spiro atoms. The summed E-state index contributed by atoms with van der Waals surface area (Å²) in [6.45, 7) is 8.86. The van der Waals surface area contributed by atoms with E-state index in [1.54, 1.807) is 7.11 Å². The van der Waals surface area contributed by atoms with Gasteiger partial charge in [0.25, 0.3) is 0 Å². The first-order chi connectivity index (χ1) is 9.32. The van der Waals surface area contributed by atoms with Crippen molar-refractivity contribution < 1.29 is 9.53 Å². The van der Waals surface area contributed by atoms with E-state index in [2.05, 4.69) is 24.5 Å². The average Bonchev–Trinajstić information content (AvgIpc) is 2.37. The molecular weight excluding hydrogens is 252 g/mol. The third kappa shape index (κ3) is 6.17. The van der Waals surface area contributed by atoms with E-state index < -0.39 is 5.60 Å². The van der Waals surface area contributed by atoms with Crippen LogP contribution in [0, 0.1) is 0 Å². The third-order valence-corrected chi connectivity index (χ3v) is 3.09. The molecule has 4 heteroatoms. The number of methoxy groups -OCH3 is 1. The molecule has 0 saturated heterocycles. The van der Waals surface area contributed by atoms with Gasteiger partial charge in [0.1, 0.15) is 0 Å². The summed E-state index contributed by atoms with van der Waals surface area (Å²) in [7, 11) is 1.61. The number of hydrogen-bond acceptors (Lipinski definition) is 3. The lowest BCUT2D eigenvalue weighted by Gasteiger charge is -2.21. The van der Waals surface area contributed by atoms with Crippen LogP contribution in [0.5, 0.6) is 0 Å². The molecule has 0 saturated carbocycles. The Balaban J connectivity index is 2.51. The first kappa shape index (κ1) is 16.7. The number of benzene rings is 1. The van der Waals surface area contributed by atoms with Crippen molar-refractivity contribution in [1.29, 1.82) is 0 Å². The minimum atomic E-state index is -0.439. The topological polar surface area (TPSA) is 50.4 Å². The molecule has 2 N–H and O–H groups in total. The van der Waals surface area contributed by atoms with Crippen molar-refractivity contribution in [2.24, 2.45) is 0 Å². The molecule has 0 atom stereocenters. The summed E-state index contributed by atoms with van der Waals surface area (Å²) >= 11 is 0. The van der Waals surface area contributed by atoms with Crippen LogP contribution in [0.4, 0.5) is 5.69 Å². The molecule has 0 fully saturated rings. The highest BCUT2D eigenvalue weighted by molar-refractivity contribution is 5.91. The second-order valence-electron chi connectivity index (χ2n) is 5.92. The molecule has 0 aliphatic carbocycles. The maximum atomic E-state index is 11.9. The van der Waals surface area contributed by atoms with Gasteiger partial charge in [0, 0.05) is 25.4 Å². The molecule has 1 rings (SSSR count). The van der Waals surface area contributed by atoms with E-state index in [0.717, 1.165) is 12.2 Å². The zero-order chi connectivity index (χ0) is 15.2. The van der Waals surface area contributed by atoms with E-state index in [-0.39, 0.29) is 5.91 Å². The fourth-order valence-electron chi connectivity index (χ4n) is 1.69. The SMILES string of the molecule is COC(C)(C)CC(=O)Nc1ccc(CNC(C)C)cc1. The first-order valence-corrected chi connectivity index (χ1v) is 7.00. The second-order valence-corrected chi connectivity index (χ2v) is 5.92. The van der Waals surface area contributed by atoms with Crippen molar-refractivity contribution in [3.05, 3.63) is 29.8 Å². The van der Waals surface area contributed by atoms with Crippen molar-refractivity contribution in [2.75, 3.05) is 12.4 Å². The highest BCUT2D eigenvalue weighted by atomic mass is 16.5. The highest BCUT2D eigenvalue weighted by Gasteiger charge is 2.20. The predicted octanol–water partition coefficient (Wildman–Crippen LogP) is 2.94. The van der Waals surface area contributed by atoms with Gasteiger partial charge in [-0.25, -0.2) is 0 Å². The number of rotatable bonds is 7. The van der Waals surface area contributed by atoms with E-state index in [0.29, 0.717) is 12.5 Å². The van der Waals surface area contributed by atoms with Gasteiger partial charge in [-0.1, -0.05) is 26.0 Å². The Morgan fingerprint density at radius 1 is 1.25 bits per heavy atom. The van der Waals surface area contributed by atoms with Crippen LogP contribution < -0.4 is 10.6 Å². The molecule has 1 aromatic carbocycles. The van der Waals surface area contributed by atoms with Gasteiger partial charge in [0.15, 0.2) is 0 Å². The monoisotopic (exact) mass is 278 g/mol. The number of ether oxygens (including phenoxy) is 1. The van der Waals surface area contributed by atoms with Gasteiger partial charge in [-0.05, 0) is 31.5 Å². The molecule has 112 valence electrons. The molecule has 0 aromatic heterocycles. The van der Waals surface area contributed by atoms with Gasteiger partial charge in [0.2, 0.25) is 5.91 Å². The molecule has 4 nitrogen and oxygen atoms in total. The van der Waals surface area contributed by atoms with Crippen molar-refractivity contribution in [3.8, 4) is 0 Å². The van der Waals surface area contributed by atoms with Gasteiger partial charge < -0.3 is 15.4 Å². The lowest BCUT2D eigenvalue weighted by atomic mass is 10.0. The fraction of sp³-hybridized carbons (Fsp3) is 0.562. The largest absolute Gasteiger partial charge is 0.378 e. The normalized spacial score (nSPS) is 11.7. The standard InChI is InChI=1S/C16H26N2O2/c1-12(2)17-11-13-6-8-14(9-7-13)18-15(19)10-16(3,4)20-5/h6-9,12,17H,10-11H2,1-5H3,(H,18,19). The van der Waals surface area contributed by atoms with E-state index in [1.165, 1.54) is 5.56 Å². The van der Waals surface area contributed by atoms with Crippen LogP contribution in [-0.4, -0.2) is 24.7 Å². The minimum absolute atomic E-state index is 0.0371. The van der Waals surface area contributed by atoms with Gasteiger partial charge in [-0.15, -0.1) is 0 Å². The molecule has 20 heavy (non-hydrogen) atoms.